The quantitative estimate of drug-likeness (QED) is 0.831. The van der Waals surface area contributed by atoms with Crippen molar-refractivity contribution in [3.63, 3.8) is 0 Å². The first kappa shape index (κ1) is 18.6. The minimum absolute atomic E-state index is 0.0884. The summed E-state index contributed by atoms with van der Waals surface area (Å²) in [7, 11) is 0. The van der Waals surface area contributed by atoms with Crippen molar-refractivity contribution in [2.75, 3.05) is 26.2 Å². The van der Waals surface area contributed by atoms with E-state index in [0.717, 1.165) is 53.7 Å². The SMILES string of the molecule is Cc1nc(-c2ccc(C#N)cc2)sc1C(=O)N1CCCN(C(C)C)CC1. The summed E-state index contributed by atoms with van der Waals surface area (Å²) in [5.41, 5.74) is 2.35. The van der Waals surface area contributed by atoms with Crippen LogP contribution >= 0.6 is 11.3 Å². The molecule has 6 heteroatoms. The smallest absolute Gasteiger partial charge is 0.265 e. The fourth-order valence-corrected chi connectivity index (χ4v) is 4.25. The molecule has 1 fully saturated rings. The molecule has 0 bridgehead atoms. The van der Waals surface area contributed by atoms with Gasteiger partial charge in [-0.2, -0.15) is 5.26 Å². The van der Waals surface area contributed by atoms with Crippen LogP contribution in [-0.2, 0) is 0 Å². The van der Waals surface area contributed by atoms with Gasteiger partial charge >= 0.3 is 0 Å². The summed E-state index contributed by atoms with van der Waals surface area (Å²) in [6, 6.07) is 9.97. The Morgan fingerprint density at radius 1 is 1.19 bits per heavy atom. The number of rotatable bonds is 3. The lowest BCUT2D eigenvalue weighted by Gasteiger charge is -2.24. The molecule has 1 aliphatic rings. The molecule has 1 saturated heterocycles. The van der Waals surface area contributed by atoms with E-state index in [-0.39, 0.29) is 5.91 Å². The average Bonchev–Trinajstić information content (AvgIpc) is 2.87. The van der Waals surface area contributed by atoms with Gasteiger partial charge in [0.25, 0.3) is 5.91 Å². The van der Waals surface area contributed by atoms with Gasteiger partial charge in [-0.15, -0.1) is 11.3 Å². The minimum atomic E-state index is 0.0884. The van der Waals surface area contributed by atoms with Gasteiger partial charge in [0.2, 0.25) is 0 Å². The zero-order chi connectivity index (χ0) is 18.7. The first-order chi connectivity index (χ1) is 12.5. The maximum atomic E-state index is 13.0. The fourth-order valence-electron chi connectivity index (χ4n) is 3.21. The van der Waals surface area contributed by atoms with E-state index in [4.69, 9.17) is 5.26 Å². The van der Waals surface area contributed by atoms with Crippen LogP contribution < -0.4 is 0 Å². The first-order valence-corrected chi connectivity index (χ1v) is 9.82. The van der Waals surface area contributed by atoms with Crippen molar-refractivity contribution < 1.29 is 4.79 Å². The van der Waals surface area contributed by atoms with Crippen LogP contribution in [0, 0.1) is 18.3 Å². The summed E-state index contributed by atoms with van der Waals surface area (Å²) < 4.78 is 0. The molecule has 0 saturated carbocycles. The molecule has 0 spiro atoms. The predicted octanol–water partition coefficient (Wildman–Crippen LogP) is 3.55. The van der Waals surface area contributed by atoms with E-state index in [0.29, 0.717) is 11.6 Å². The third-order valence-corrected chi connectivity index (χ3v) is 5.99. The first-order valence-electron chi connectivity index (χ1n) is 9.01. The summed E-state index contributed by atoms with van der Waals surface area (Å²) in [6.07, 6.45) is 1.00. The molecule has 2 aromatic rings. The molecule has 1 aliphatic heterocycles. The highest BCUT2D eigenvalue weighted by molar-refractivity contribution is 7.17. The van der Waals surface area contributed by atoms with E-state index in [1.807, 2.05) is 24.0 Å². The van der Waals surface area contributed by atoms with Crippen LogP contribution in [0.4, 0.5) is 0 Å². The van der Waals surface area contributed by atoms with Gasteiger partial charge in [0.15, 0.2) is 0 Å². The lowest BCUT2D eigenvalue weighted by molar-refractivity contribution is 0.0763. The molecule has 0 aliphatic carbocycles. The molecule has 0 radical (unpaired) electrons. The van der Waals surface area contributed by atoms with E-state index in [2.05, 4.69) is 29.8 Å². The Labute approximate surface area is 158 Å². The van der Waals surface area contributed by atoms with Crippen LogP contribution in [0.25, 0.3) is 10.6 Å². The number of carbonyl (C=O) groups is 1. The maximum Gasteiger partial charge on any atom is 0.265 e. The topological polar surface area (TPSA) is 60.2 Å². The predicted molar refractivity (Wildman–Crippen MR) is 104 cm³/mol. The number of nitrogens with zero attached hydrogens (tertiary/aromatic N) is 4. The summed E-state index contributed by atoms with van der Waals surface area (Å²) in [6.45, 7) is 9.83. The molecule has 26 heavy (non-hydrogen) atoms. The second kappa shape index (κ2) is 7.98. The molecular weight excluding hydrogens is 344 g/mol. The highest BCUT2D eigenvalue weighted by Gasteiger charge is 2.25. The molecule has 3 rings (SSSR count). The number of amides is 1. The van der Waals surface area contributed by atoms with Crippen molar-refractivity contribution in [2.45, 2.75) is 33.2 Å². The summed E-state index contributed by atoms with van der Waals surface area (Å²) >= 11 is 1.44. The standard InChI is InChI=1S/C20H24N4OS/c1-14(2)23-9-4-10-24(12-11-23)20(25)18-15(3)22-19(26-18)17-7-5-16(13-21)6-8-17/h5-8,14H,4,9-12H2,1-3H3. The third kappa shape index (κ3) is 3.95. The van der Waals surface area contributed by atoms with Gasteiger partial charge in [0, 0.05) is 37.8 Å². The van der Waals surface area contributed by atoms with E-state index in [9.17, 15) is 4.79 Å². The van der Waals surface area contributed by atoms with Gasteiger partial charge in [-0.3, -0.25) is 9.69 Å². The molecule has 1 aromatic heterocycles. The van der Waals surface area contributed by atoms with Crippen LogP contribution in [0.3, 0.4) is 0 Å². The third-order valence-electron chi connectivity index (χ3n) is 4.80. The number of hydrogen-bond donors (Lipinski definition) is 0. The normalized spacial score (nSPS) is 15.7. The lowest BCUT2D eigenvalue weighted by atomic mass is 10.1. The van der Waals surface area contributed by atoms with Gasteiger partial charge in [-0.1, -0.05) is 12.1 Å². The number of thiazole rings is 1. The van der Waals surface area contributed by atoms with Gasteiger partial charge < -0.3 is 4.90 Å². The number of aromatic nitrogens is 1. The van der Waals surface area contributed by atoms with Crippen molar-refractivity contribution in [3.05, 3.63) is 40.4 Å². The van der Waals surface area contributed by atoms with Gasteiger partial charge in [-0.05, 0) is 39.3 Å². The number of aryl methyl sites for hydroxylation is 1. The van der Waals surface area contributed by atoms with Crippen LogP contribution in [0.2, 0.25) is 0 Å². The molecule has 0 unspecified atom stereocenters. The van der Waals surface area contributed by atoms with Gasteiger partial charge in [0.05, 0.1) is 17.3 Å². The Balaban J connectivity index is 1.77. The van der Waals surface area contributed by atoms with Crippen LogP contribution in [0.15, 0.2) is 24.3 Å². The van der Waals surface area contributed by atoms with Crippen LogP contribution in [-0.4, -0.2) is 52.9 Å². The van der Waals surface area contributed by atoms with Crippen molar-refractivity contribution >= 4 is 17.2 Å². The number of carbonyl (C=O) groups excluding carboxylic acids is 1. The molecule has 136 valence electrons. The zero-order valence-electron chi connectivity index (χ0n) is 15.5. The van der Waals surface area contributed by atoms with E-state index < -0.39 is 0 Å². The van der Waals surface area contributed by atoms with Crippen LogP contribution in [0.1, 0.15) is 41.2 Å². The van der Waals surface area contributed by atoms with E-state index in [1.54, 1.807) is 12.1 Å². The monoisotopic (exact) mass is 368 g/mol. The number of benzene rings is 1. The molecule has 0 atom stereocenters. The summed E-state index contributed by atoms with van der Waals surface area (Å²) in [5.74, 6) is 0.0884. The molecule has 1 amide bonds. The average molecular weight is 369 g/mol. The largest absolute Gasteiger partial charge is 0.337 e. The number of hydrogen-bond acceptors (Lipinski definition) is 5. The van der Waals surface area contributed by atoms with Crippen molar-refractivity contribution in [2.24, 2.45) is 0 Å². The van der Waals surface area contributed by atoms with Crippen molar-refractivity contribution in [3.8, 4) is 16.6 Å². The van der Waals surface area contributed by atoms with Crippen LogP contribution in [0.5, 0.6) is 0 Å². The van der Waals surface area contributed by atoms with E-state index >= 15 is 0 Å². The highest BCUT2D eigenvalue weighted by atomic mass is 32.1. The second-order valence-electron chi connectivity index (χ2n) is 6.90. The molecule has 1 aromatic carbocycles. The Kier molecular flexibility index (Phi) is 5.70. The van der Waals surface area contributed by atoms with Gasteiger partial charge in [-0.25, -0.2) is 4.98 Å². The van der Waals surface area contributed by atoms with Crippen molar-refractivity contribution in [1.82, 2.24) is 14.8 Å². The molecule has 0 N–H and O–H groups in total. The Morgan fingerprint density at radius 2 is 1.92 bits per heavy atom. The lowest BCUT2D eigenvalue weighted by Crippen LogP contribution is -2.37. The molecular formula is C20H24N4OS. The molecule has 5 nitrogen and oxygen atoms in total. The molecule has 2 heterocycles. The fraction of sp³-hybridized carbons (Fsp3) is 0.450. The number of nitriles is 1. The van der Waals surface area contributed by atoms with Gasteiger partial charge in [0.1, 0.15) is 9.88 Å². The Hall–Kier alpha value is -2.23. The Bertz CT molecular complexity index is 819. The minimum Gasteiger partial charge on any atom is -0.337 e. The van der Waals surface area contributed by atoms with Crippen molar-refractivity contribution in [1.29, 1.82) is 5.26 Å². The second-order valence-corrected chi connectivity index (χ2v) is 7.90. The summed E-state index contributed by atoms with van der Waals surface area (Å²) in [5, 5.41) is 9.75. The maximum absolute atomic E-state index is 13.0. The highest BCUT2D eigenvalue weighted by Crippen LogP contribution is 2.29. The van der Waals surface area contributed by atoms with E-state index in [1.165, 1.54) is 11.3 Å². The Morgan fingerprint density at radius 3 is 2.58 bits per heavy atom. The zero-order valence-corrected chi connectivity index (χ0v) is 16.3. The summed E-state index contributed by atoms with van der Waals surface area (Å²) in [4.78, 5) is 22.7.